The molecule has 3 rings (SSSR count). The van der Waals surface area contributed by atoms with Gasteiger partial charge in [0.25, 0.3) is 5.91 Å². The highest BCUT2D eigenvalue weighted by molar-refractivity contribution is 6.22. The molecule has 2 aromatic carbocycles. The average Bonchev–Trinajstić information content (AvgIpc) is 2.85. The van der Waals surface area contributed by atoms with Crippen LogP contribution in [-0.2, 0) is 9.59 Å². The summed E-state index contributed by atoms with van der Waals surface area (Å²) in [5, 5.41) is 0. The second kappa shape index (κ2) is 6.16. The predicted molar refractivity (Wildman–Crippen MR) is 85.6 cm³/mol. The first-order valence-electron chi connectivity index (χ1n) is 7.67. The maximum atomic E-state index is 12.8. The summed E-state index contributed by atoms with van der Waals surface area (Å²) in [4.78, 5) is 38.8. The first-order chi connectivity index (χ1) is 11.1. The Kier molecular flexibility index (Phi) is 4.06. The molecule has 0 radical (unpaired) electrons. The molecule has 0 unspecified atom stereocenters. The molecular formula is C19H17NO3. The van der Waals surface area contributed by atoms with Crippen molar-refractivity contribution in [2.24, 2.45) is 5.92 Å². The molecule has 0 bridgehead atoms. The maximum absolute atomic E-state index is 12.8. The monoisotopic (exact) mass is 307 g/mol. The molecule has 2 aromatic rings. The largest absolute Gasteiger partial charge is 0.274 e. The lowest BCUT2D eigenvalue weighted by molar-refractivity contribution is -0.136. The Morgan fingerprint density at radius 2 is 1.48 bits per heavy atom. The number of imide groups is 3. The van der Waals surface area contributed by atoms with Gasteiger partial charge in [0, 0.05) is 5.56 Å². The second-order valence-corrected chi connectivity index (χ2v) is 5.59. The molecule has 0 spiro atoms. The molecule has 1 aliphatic rings. The number of rotatable bonds is 3. The Morgan fingerprint density at radius 3 is 2.04 bits per heavy atom. The third-order valence-electron chi connectivity index (χ3n) is 4.25. The van der Waals surface area contributed by atoms with Crippen molar-refractivity contribution in [1.29, 1.82) is 0 Å². The summed E-state index contributed by atoms with van der Waals surface area (Å²) in [5.74, 6) is -2.45. The number of nitrogens with zero attached hydrogens (tertiary/aromatic N) is 1. The van der Waals surface area contributed by atoms with Crippen molar-refractivity contribution < 1.29 is 14.4 Å². The molecule has 0 saturated carbocycles. The van der Waals surface area contributed by atoms with E-state index >= 15 is 0 Å². The molecule has 1 saturated heterocycles. The van der Waals surface area contributed by atoms with Gasteiger partial charge in [-0.1, -0.05) is 55.5 Å². The minimum absolute atomic E-state index is 0.345. The van der Waals surface area contributed by atoms with E-state index in [4.69, 9.17) is 0 Å². The third kappa shape index (κ3) is 2.57. The highest BCUT2D eigenvalue weighted by Crippen LogP contribution is 2.37. The zero-order chi connectivity index (χ0) is 16.4. The quantitative estimate of drug-likeness (QED) is 0.819. The van der Waals surface area contributed by atoms with Gasteiger partial charge in [0.15, 0.2) is 0 Å². The Morgan fingerprint density at radius 1 is 0.913 bits per heavy atom. The van der Waals surface area contributed by atoms with Crippen LogP contribution in [0.4, 0.5) is 0 Å². The molecule has 3 amide bonds. The van der Waals surface area contributed by atoms with Crippen LogP contribution < -0.4 is 0 Å². The number of amides is 3. The van der Waals surface area contributed by atoms with Gasteiger partial charge in [0.2, 0.25) is 11.8 Å². The molecule has 1 aliphatic heterocycles. The molecule has 23 heavy (non-hydrogen) atoms. The lowest BCUT2D eigenvalue weighted by Gasteiger charge is -2.13. The summed E-state index contributed by atoms with van der Waals surface area (Å²) in [6.07, 6.45) is 0.517. The lowest BCUT2D eigenvalue weighted by atomic mass is 9.86. The summed E-state index contributed by atoms with van der Waals surface area (Å²) in [6.45, 7) is 1.86. The summed E-state index contributed by atoms with van der Waals surface area (Å²) in [6, 6.07) is 17.6. The topological polar surface area (TPSA) is 54.5 Å². The Hall–Kier alpha value is -2.75. The summed E-state index contributed by atoms with van der Waals surface area (Å²) in [5.41, 5.74) is 1.12. The van der Waals surface area contributed by atoms with Gasteiger partial charge in [-0.05, 0) is 24.1 Å². The first kappa shape index (κ1) is 15.2. The van der Waals surface area contributed by atoms with Crippen LogP contribution in [0.15, 0.2) is 60.7 Å². The minimum Gasteiger partial charge on any atom is -0.274 e. The fourth-order valence-electron chi connectivity index (χ4n) is 3.08. The van der Waals surface area contributed by atoms with Gasteiger partial charge < -0.3 is 0 Å². The normalized spacial score (nSPS) is 20.8. The summed E-state index contributed by atoms with van der Waals surface area (Å²) < 4.78 is 0. The van der Waals surface area contributed by atoms with E-state index in [0.29, 0.717) is 12.0 Å². The van der Waals surface area contributed by atoms with E-state index in [-0.39, 0.29) is 0 Å². The molecule has 2 atom stereocenters. The molecule has 0 N–H and O–H groups in total. The fraction of sp³-hybridized carbons (Fsp3) is 0.211. The van der Waals surface area contributed by atoms with Crippen LogP contribution >= 0.6 is 0 Å². The highest BCUT2D eigenvalue weighted by Gasteiger charge is 2.50. The van der Waals surface area contributed by atoms with Crippen LogP contribution in [0.2, 0.25) is 0 Å². The van der Waals surface area contributed by atoms with Gasteiger partial charge in [-0.2, -0.15) is 0 Å². The molecule has 0 aliphatic carbocycles. The van der Waals surface area contributed by atoms with Crippen LogP contribution in [0.1, 0.15) is 35.2 Å². The van der Waals surface area contributed by atoms with E-state index in [0.717, 1.165) is 10.5 Å². The van der Waals surface area contributed by atoms with E-state index in [1.165, 1.54) is 0 Å². The Bertz CT molecular complexity index is 740. The lowest BCUT2D eigenvalue weighted by Crippen LogP contribution is -2.37. The molecule has 0 aromatic heterocycles. The van der Waals surface area contributed by atoms with E-state index < -0.39 is 29.6 Å². The van der Waals surface area contributed by atoms with Crippen molar-refractivity contribution in [2.45, 2.75) is 19.3 Å². The van der Waals surface area contributed by atoms with Crippen LogP contribution in [-0.4, -0.2) is 22.6 Å². The SMILES string of the molecule is CC[C@H]1C(=O)N(C(=O)c2ccccc2)C(=O)[C@@H]1c1ccccc1. The van der Waals surface area contributed by atoms with Gasteiger partial charge in [-0.15, -0.1) is 0 Å². The maximum Gasteiger partial charge on any atom is 0.267 e. The van der Waals surface area contributed by atoms with E-state index in [1.54, 1.807) is 30.3 Å². The summed E-state index contributed by atoms with van der Waals surface area (Å²) >= 11 is 0. The van der Waals surface area contributed by atoms with E-state index in [2.05, 4.69) is 0 Å². The number of likely N-dealkylation sites (tertiary alicyclic amines) is 1. The zero-order valence-electron chi connectivity index (χ0n) is 12.8. The molecule has 1 heterocycles. The van der Waals surface area contributed by atoms with Crippen molar-refractivity contribution in [1.82, 2.24) is 4.90 Å². The van der Waals surface area contributed by atoms with E-state index in [1.807, 2.05) is 37.3 Å². The first-order valence-corrected chi connectivity index (χ1v) is 7.67. The highest BCUT2D eigenvalue weighted by atomic mass is 16.2. The summed E-state index contributed by atoms with van der Waals surface area (Å²) in [7, 11) is 0. The van der Waals surface area contributed by atoms with E-state index in [9.17, 15) is 14.4 Å². The fourth-order valence-corrected chi connectivity index (χ4v) is 3.08. The third-order valence-corrected chi connectivity index (χ3v) is 4.25. The van der Waals surface area contributed by atoms with Crippen LogP contribution in [0.3, 0.4) is 0 Å². The van der Waals surface area contributed by atoms with Gasteiger partial charge in [0.05, 0.1) is 11.8 Å². The van der Waals surface area contributed by atoms with Crippen molar-refractivity contribution in [3.8, 4) is 0 Å². The van der Waals surface area contributed by atoms with Crippen molar-refractivity contribution in [3.05, 3.63) is 71.8 Å². The number of hydrogen-bond acceptors (Lipinski definition) is 3. The number of carbonyl (C=O) groups is 3. The van der Waals surface area contributed by atoms with Crippen molar-refractivity contribution in [2.75, 3.05) is 0 Å². The van der Waals surface area contributed by atoms with Crippen LogP contribution in [0.5, 0.6) is 0 Å². The number of carbonyl (C=O) groups excluding carboxylic acids is 3. The van der Waals surface area contributed by atoms with Gasteiger partial charge in [-0.25, -0.2) is 4.90 Å². The number of benzene rings is 2. The number of hydrogen-bond donors (Lipinski definition) is 0. The van der Waals surface area contributed by atoms with Crippen LogP contribution in [0, 0.1) is 5.92 Å². The van der Waals surface area contributed by atoms with Gasteiger partial charge in [0.1, 0.15) is 0 Å². The average molecular weight is 307 g/mol. The molecule has 4 nitrogen and oxygen atoms in total. The van der Waals surface area contributed by atoms with Crippen molar-refractivity contribution >= 4 is 17.7 Å². The molecular weight excluding hydrogens is 290 g/mol. The smallest absolute Gasteiger partial charge is 0.267 e. The Labute approximate surface area is 134 Å². The predicted octanol–water partition coefficient (Wildman–Crippen LogP) is 3.01. The van der Waals surface area contributed by atoms with Crippen LogP contribution in [0.25, 0.3) is 0 Å². The zero-order valence-corrected chi connectivity index (χ0v) is 12.8. The minimum atomic E-state index is -0.582. The van der Waals surface area contributed by atoms with Crippen molar-refractivity contribution in [3.63, 3.8) is 0 Å². The van der Waals surface area contributed by atoms with Gasteiger partial charge >= 0.3 is 0 Å². The molecule has 4 heteroatoms. The Balaban J connectivity index is 1.99. The molecule has 116 valence electrons. The standard InChI is InChI=1S/C19H17NO3/c1-2-15-16(13-9-5-3-6-10-13)19(23)20(18(15)22)17(21)14-11-7-4-8-12-14/h3-12,15-16H,2H2,1H3/t15-,16-/m1/s1. The molecule has 1 fully saturated rings. The second-order valence-electron chi connectivity index (χ2n) is 5.59. The van der Waals surface area contributed by atoms with Gasteiger partial charge in [-0.3, -0.25) is 14.4 Å².